The van der Waals surface area contributed by atoms with E-state index in [0.717, 1.165) is 11.3 Å². The maximum atomic E-state index is 12.1. The second kappa shape index (κ2) is 9.56. The highest BCUT2D eigenvalue weighted by Gasteiger charge is 2.11. The molecule has 1 unspecified atom stereocenters. The monoisotopic (exact) mass is 359 g/mol. The lowest BCUT2D eigenvalue weighted by Gasteiger charge is -2.16. The number of benzene rings is 2. The summed E-state index contributed by atoms with van der Waals surface area (Å²) in [5, 5.41) is 2.85. The zero-order valence-corrected chi connectivity index (χ0v) is 15.6. The molecule has 0 aliphatic rings. The average molecular weight is 359 g/mol. The number of para-hydroxylation sites is 1. The largest absolute Gasteiger partial charge is 0.496 e. The van der Waals surface area contributed by atoms with Crippen molar-refractivity contribution >= 4 is 5.91 Å². The number of aryl methyl sites for hydroxylation is 1. The highest BCUT2D eigenvalue weighted by Crippen LogP contribution is 2.27. The zero-order valence-electron chi connectivity index (χ0n) is 15.6. The van der Waals surface area contributed by atoms with E-state index in [1.54, 1.807) is 32.4 Å². The van der Waals surface area contributed by atoms with Crippen LogP contribution in [0.2, 0.25) is 0 Å². The Kier molecular flexibility index (Phi) is 7.14. The van der Waals surface area contributed by atoms with Crippen LogP contribution in [0.15, 0.2) is 42.5 Å². The zero-order chi connectivity index (χ0) is 18.9. The van der Waals surface area contributed by atoms with Gasteiger partial charge in [0.2, 0.25) is 0 Å². The van der Waals surface area contributed by atoms with Crippen LogP contribution >= 0.6 is 0 Å². The second-order valence-corrected chi connectivity index (χ2v) is 5.88. The van der Waals surface area contributed by atoms with Gasteiger partial charge in [-0.1, -0.05) is 18.2 Å². The Balaban J connectivity index is 1.80. The predicted molar refractivity (Wildman–Crippen MR) is 99.3 cm³/mol. The van der Waals surface area contributed by atoms with Gasteiger partial charge in [0.15, 0.2) is 6.61 Å². The fourth-order valence-electron chi connectivity index (χ4n) is 2.30. The molecular weight excluding hydrogens is 334 g/mol. The molecule has 2 aromatic carbocycles. The number of methoxy groups -OCH3 is 2. The van der Waals surface area contributed by atoms with Crippen molar-refractivity contribution in [2.24, 2.45) is 0 Å². The Morgan fingerprint density at radius 1 is 1.00 bits per heavy atom. The molecule has 0 heterocycles. The Labute approximate surface area is 154 Å². The third kappa shape index (κ3) is 5.88. The topological polar surface area (TPSA) is 66.0 Å². The van der Waals surface area contributed by atoms with Crippen LogP contribution in [0.1, 0.15) is 12.5 Å². The molecule has 0 saturated heterocycles. The molecule has 140 valence electrons. The quantitative estimate of drug-likeness (QED) is 0.746. The van der Waals surface area contributed by atoms with E-state index in [1.807, 2.05) is 38.1 Å². The molecule has 1 N–H and O–H groups in total. The van der Waals surface area contributed by atoms with E-state index in [0.29, 0.717) is 23.9 Å². The number of rotatable bonds is 9. The van der Waals surface area contributed by atoms with Gasteiger partial charge >= 0.3 is 0 Å². The molecule has 6 nitrogen and oxygen atoms in total. The van der Waals surface area contributed by atoms with Crippen molar-refractivity contribution < 1.29 is 23.7 Å². The van der Waals surface area contributed by atoms with Gasteiger partial charge in [0, 0.05) is 18.2 Å². The minimum Gasteiger partial charge on any atom is -0.496 e. The number of amides is 1. The fraction of sp³-hybridized carbons (Fsp3) is 0.350. The van der Waals surface area contributed by atoms with Crippen LogP contribution in [0.25, 0.3) is 0 Å². The highest BCUT2D eigenvalue weighted by molar-refractivity contribution is 5.77. The molecule has 2 rings (SSSR count). The highest BCUT2D eigenvalue weighted by atomic mass is 16.5. The molecule has 2 aromatic rings. The summed E-state index contributed by atoms with van der Waals surface area (Å²) in [6.45, 7) is 4.13. The first-order valence-corrected chi connectivity index (χ1v) is 8.35. The molecule has 0 aromatic heterocycles. The Morgan fingerprint density at radius 3 is 2.23 bits per heavy atom. The molecule has 0 aliphatic heterocycles. The van der Waals surface area contributed by atoms with Crippen LogP contribution in [0.4, 0.5) is 0 Å². The van der Waals surface area contributed by atoms with Gasteiger partial charge in [-0.2, -0.15) is 0 Å². The molecular formula is C20H25NO5. The fourth-order valence-corrected chi connectivity index (χ4v) is 2.30. The van der Waals surface area contributed by atoms with Crippen LogP contribution in [0.3, 0.4) is 0 Å². The molecule has 0 spiro atoms. The SMILES string of the molecule is COc1cc(OC)cc(OCC(=O)NC(C)COc2ccccc2C)c1. The van der Waals surface area contributed by atoms with E-state index >= 15 is 0 Å². The average Bonchev–Trinajstić information content (AvgIpc) is 2.65. The molecule has 1 atom stereocenters. The van der Waals surface area contributed by atoms with E-state index in [1.165, 1.54) is 0 Å². The summed E-state index contributed by atoms with van der Waals surface area (Å²) in [6, 6.07) is 12.7. The number of carbonyl (C=O) groups is 1. The summed E-state index contributed by atoms with van der Waals surface area (Å²) in [7, 11) is 3.11. The number of ether oxygens (including phenoxy) is 4. The van der Waals surface area contributed by atoms with Gasteiger partial charge in [-0.05, 0) is 25.5 Å². The molecule has 0 radical (unpaired) electrons. The first-order chi connectivity index (χ1) is 12.5. The summed E-state index contributed by atoms with van der Waals surface area (Å²) >= 11 is 0. The molecule has 0 saturated carbocycles. The minimum atomic E-state index is -0.229. The van der Waals surface area contributed by atoms with E-state index in [9.17, 15) is 4.79 Å². The van der Waals surface area contributed by atoms with Crippen molar-refractivity contribution in [2.45, 2.75) is 19.9 Å². The van der Waals surface area contributed by atoms with E-state index in [2.05, 4.69) is 5.32 Å². The first kappa shape index (κ1) is 19.4. The van der Waals surface area contributed by atoms with Crippen molar-refractivity contribution in [1.29, 1.82) is 0 Å². The van der Waals surface area contributed by atoms with E-state index in [4.69, 9.17) is 18.9 Å². The van der Waals surface area contributed by atoms with E-state index < -0.39 is 0 Å². The van der Waals surface area contributed by atoms with E-state index in [-0.39, 0.29) is 18.6 Å². The summed E-state index contributed by atoms with van der Waals surface area (Å²) in [5.74, 6) is 2.28. The second-order valence-electron chi connectivity index (χ2n) is 5.88. The molecule has 6 heteroatoms. The van der Waals surface area contributed by atoms with Gasteiger partial charge in [0.05, 0.1) is 20.3 Å². The summed E-state index contributed by atoms with van der Waals surface area (Å²) < 4.78 is 21.6. The van der Waals surface area contributed by atoms with Crippen LogP contribution < -0.4 is 24.3 Å². The molecule has 26 heavy (non-hydrogen) atoms. The van der Waals surface area contributed by atoms with Gasteiger partial charge < -0.3 is 24.3 Å². The number of hydrogen-bond donors (Lipinski definition) is 1. The molecule has 0 aliphatic carbocycles. The normalized spacial score (nSPS) is 11.4. The maximum Gasteiger partial charge on any atom is 0.258 e. The van der Waals surface area contributed by atoms with Gasteiger partial charge in [0.25, 0.3) is 5.91 Å². The smallest absolute Gasteiger partial charge is 0.258 e. The van der Waals surface area contributed by atoms with Crippen molar-refractivity contribution in [3.63, 3.8) is 0 Å². The molecule has 0 fully saturated rings. The van der Waals surface area contributed by atoms with Gasteiger partial charge in [-0.25, -0.2) is 0 Å². The number of nitrogens with one attached hydrogen (secondary N) is 1. The van der Waals surface area contributed by atoms with Gasteiger partial charge in [-0.3, -0.25) is 4.79 Å². The van der Waals surface area contributed by atoms with Crippen LogP contribution in [-0.2, 0) is 4.79 Å². The standard InChI is InChI=1S/C20H25NO5/c1-14-7-5-6-8-19(14)26-12-15(2)21-20(22)13-25-18-10-16(23-3)9-17(11-18)24-4/h5-11,15H,12-13H2,1-4H3,(H,21,22). The lowest BCUT2D eigenvalue weighted by molar-refractivity contribution is -0.123. The number of hydrogen-bond acceptors (Lipinski definition) is 5. The lowest BCUT2D eigenvalue weighted by atomic mass is 10.2. The van der Waals surface area contributed by atoms with Crippen LogP contribution in [-0.4, -0.2) is 39.4 Å². The third-order valence-electron chi connectivity index (χ3n) is 3.68. The predicted octanol–water partition coefficient (Wildman–Crippen LogP) is 2.97. The summed E-state index contributed by atoms with van der Waals surface area (Å²) in [6.07, 6.45) is 0. The maximum absolute atomic E-state index is 12.1. The van der Waals surface area contributed by atoms with Gasteiger partial charge in [-0.15, -0.1) is 0 Å². The lowest BCUT2D eigenvalue weighted by Crippen LogP contribution is -2.39. The van der Waals surface area contributed by atoms with Crippen molar-refractivity contribution in [3.8, 4) is 23.0 Å². The summed E-state index contributed by atoms with van der Waals surface area (Å²) in [4.78, 5) is 12.1. The first-order valence-electron chi connectivity index (χ1n) is 8.35. The minimum absolute atomic E-state index is 0.106. The van der Waals surface area contributed by atoms with Crippen molar-refractivity contribution in [3.05, 3.63) is 48.0 Å². The Hall–Kier alpha value is -2.89. The summed E-state index contributed by atoms with van der Waals surface area (Å²) in [5.41, 5.74) is 1.06. The third-order valence-corrected chi connectivity index (χ3v) is 3.68. The molecule has 0 bridgehead atoms. The van der Waals surface area contributed by atoms with Crippen molar-refractivity contribution in [2.75, 3.05) is 27.4 Å². The van der Waals surface area contributed by atoms with Crippen LogP contribution in [0.5, 0.6) is 23.0 Å². The Morgan fingerprint density at radius 2 is 1.62 bits per heavy atom. The van der Waals surface area contributed by atoms with Crippen molar-refractivity contribution in [1.82, 2.24) is 5.32 Å². The van der Waals surface area contributed by atoms with Crippen LogP contribution in [0, 0.1) is 6.92 Å². The Bertz CT molecular complexity index is 710. The number of carbonyl (C=O) groups excluding carboxylic acids is 1. The van der Waals surface area contributed by atoms with Gasteiger partial charge in [0.1, 0.15) is 29.6 Å². The molecule has 1 amide bonds.